The molecule has 0 radical (unpaired) electrons. The molecule has 182 valence electrons. The minimum atomic E-state index is -0.0940. The largest absolute Gasteiger partial charge is 0.497 e. The minimum Gasteiger partial charge on any atom is -0.497 e. The third-order valence-corrected chi connectivity index (χ3v) is 6.37. The second kappa shape index (κ2) is 9.58. The first-order chi connectivity index (χ1) is 17.4. The molecule has 0 bridgehead atoms. The van der Waals surface area contributed by atoms with Crippen LogP contribution in [0.25, 0.3) is 28.0 Å². The summed E-state index contributed by atoms with van der Waals surface area (Å²) in [6.45, 7) is 1.05. The van der Waals surface area contributed by atoms with Crippen molar-refractivity contribution in [2.45, 2.75) is 13.1 Å². The Morgan fingerprint density at radius 2 is 1.92 bits per heavy atom. The molecule has 1 amide bonds. The molecular formula is C28H28N6O2. The summed E-state index contributed by atoms with van der Waals surface area (Å²) < 4.78 is 9.12. The van der Waals surface area contributed by atoms with Crippen LogP contribution < -0.4 is 10.5 Å². The molecule has 0 saturated carbocycles. The first kappa shape index (κ1) is 23.2. The van der Waals surface area contributed by atoms with Crippen LogP contribution in [0.3, 0.4) is 0 Å². The van der Waals surface area contributed by atoms with Gasteiger partial charge in [0.1, 0.15) is 5.75 Å². The van der Waals surface area contributed by atoms with E-state index in [1.807, 2.05) is 49.5 Å². The molecule has 8 nitrogen and oxygen atoms in total. The summed E-state index contributed by atoms with van der Waals surface area (Å²) in [6.07, 6.45) is 5.04. The number of aromatic nitrogens is 4. The van der Waals surface area contributed by atoms with Crippen molar-refractivity contribution in [2.75, 3.05) is 19.9 Å². The lowest BCUT2D eigenvalue weighted by Gasteiger charge is -2.15. The van der Waals surface area contributed by atoms with Crippen LogP contribution in [0.1, 0.15) is 16.8 Å². The van der Waals surface area contributed by atoms with Crippen molar-refractivity contribution in [1.82, 2.24) is 24.2 Å². The van der Waals surface area contributed by atoms with Crippen LogP contribution in [0.4, 0.5) is 5.82 Å². The number of benzene rings is 2. The van der Waals surface area contributed by atoms with Gasteiger partial charge in [0.05, 0.1) is 25.6 Å². The van der Waals surface area contributed by atoms with Crippen molar-refractivity contribution in [3.63, 3.8) is 0 Å². The standard InChI is InChI=1S/C28H28N6O2/c1-32(18-22-15-21-6-4-5-7-25(21)33(22)2)26(35)13-10-20-14-24-27(29)31-34(28(24)30-16-20)17-19-8-11-23(36-3)12-9-19/h4-16H,17-18H2,1-3H3,(H2,29,31)/b13-10+. The highest BCUT2D eigenvalue weighted by Crippen LogP contribution is 2.23. The Morgan fingerprint density at radius 1 is 1.14 bits per heavy atom. The number of fused-ring (bicyclic) bond motifs is 2. The molecule has 0 atom stereocenters. The highest BCUT2D eigenvalue weighted by Gasteiger charge is 2.13. The van der Waals surface area contributed by atoms with Crippen molar-refractivity contribution in [3.05, 3.63) is 89.8 Å². The minimum absolute atomic E-state index is 0.0940. The number of methoxy groups -OCH3 is 1. The average molecular weight is 481 g/mol. The van der Waals surface area contributed by atoms with Gasteiger partial charge in [-0.15, -0.1) is 0 Å². The zero-order valence-corrected chi connectivity index (χ0v) is 20.5. The van der Waals surface area contributed by atoms with Crippen molar-refractivity contribution < 1.29 is 9.53 Å². The maximum absolute atomic E-state index is 12.8. The van der Waals surface area contributed by atoms with Crippen LogP contribution in [0, 0.1) is 0 Å². The number of hydrogen-bond acceptors (Lipinski definition) is 5. The number of hydrogen-bond donors (Lipinski definition) is 1. The number of aryl methyl sites for hydroxylation is 1. The Bertz CT molecular complexity index is 1580. The van der Waals surface area contributed by atoms with E-state index in [9.17, 15) is 4.79 Å². The van der Waals surface area contributed by atoms with Gasteiger partial charge in [0, 0.05) is 37.6 Å². The van der Waals surface area contributed by atoms with Gasteiger partial charge in [-0.2, -0.15) is 5.10 Å². The molecular weight excluding hydrogens is 452 g/mol. The fourth-order valence-electron chi connectivity index (χ4n) is 4.32. The van der Waals surface area contributed by atoms with Gasteiger partial charge in [0.2, 0.25) is 5.91 Å². The predicted molar refractivity (Wildman–Crippen MR) is 142 cm³/mol. The van der Waals surface area contributed by atoms with Crippen LogP contribution in [0.15, 0.2) is 72.9 Å². The van der Waals surface area contributed by atoms with E-state index in [4.69, 9.17) is 10.5 Å². The van der Waals surface area contributed by atoms with Crippen LogP contribution in [-0.4, -0.2) is 44.3 Å². The molecule has 0 saturated heterocycles. The molecule has 3 heterocycles. The summed E-state index contributed by atoms with van der Waals surface area (Å²) in [5.41, 5.74) is 10.9. The summed E-state index contributed by atoms with van der Waals surface area (Å²) in [5, 5.41) is 6.38. The maximum atomic E-state index is 12.8. The average Bonchev–Trinajstić information content (AvgIpc) is 3.38. The lowest BCUT2D eigenvalue weighted by Crippen LogP contribution is -2.25. The van der Waals surface area contributed by atoms with Crippen molar-refractivity contribution >= 4 is 39.7 Å². The number of anilines is 1. The van der Waals surface area contributed by atoms with Crippen LogP contribution in [-0.2, 0) is 24.9 Å². The third kappa shape index (κ3) is 4.53. The molecule has 2 aromatic carbocycles. The SMILES string of the molecule is COc1ccc(Cn2nc(N)c3cc(/C=C/C(=O)N(C)Cc4cc5ccccc5n4C)cnc32)cc1. The first-order valence-corrected chi connectivity index (χ1v) is 11.6. The number of nitrogens with zero attached hydrogens (tertiary/aromatic N) is 5. The van der Waals surface area contributed by atoms with Gasteiger partial charge in [-0.1, -0.05) is 30.3 Å². The zero-order valence-electron chi connectivity index (χ0n) is 20.5. The van der Waals surface area contributed by atoms with Gasteiger partial charge in [-0.25, -0.2) is 9.67 Å². The first-order valence-electron chi connectivity index (χ1n) is 11.6. The van der Waals surface area contributed by atoms with E-state index in [-0.39, 0.29) is 5.91 Å². The summed E-state index contributed by atoms with van der Waals surface area (Å²) >= 11 is 0. The lowest BCUT2D eigenvalue weighted by atomic mass is 10.2. The number of para-hydroxylation sites is 1. The van der Waals surface area contributed by atoms with E-state index in [1.165, 1.54) is 0 Å². The molecule has 0 unspecified atom stereocenters. The highest BCUT2D eigenvalue weighted by atomic mass is 16.5. The molecule has 8 heteroatoms. The summed E-state index contributed by atoms with van der Waals surface area (Å²) in [7, 11) is 5.46. The van der Waals surface area contributed by atoms with Crippen molar-refractivity contribution in [3.8, 4) is 5.75 Å². The fourth-order valence-corrected chi connectivity index (χ4v) is 4.32. The van der Waals surface area contributed by atoms with Gasteiger partial charge in [-0.05, 0) is 52.9 Å². The second-order valence-electron chi connectivity index (χ2n) is 8.81. The molecule has 3 aromatic heterocycles. The van der Waals surface area contributed by atoms with Crippen molar-refractivity contribution in [1.29, 1.82) is 0 Å². The van der Waals surface area contributed by atoms with E-state index in [0.717, 1.165) is 38.9 Å². The van der Waals surface area contributed by atoms with E-state index >= 15 is 0 Å². The number of carbonyl (C=O) groups is 1. The Kier molecular flexibility index (Phi) is 6.16. The normalized spacial score (nSPS) is 11.5. The molecule has 5 rings (SSSR count). The number of pyridine rings is 1. The number of nitrogens with two attached hydrogens (primary N) is 1. The Morgan fingerprint density at radius 3 is 2.67 bits per heavy atom. The maximum Gasteiger partial charge on any atom is 0.246 e. The quantitative estimate of drug-likeness (QED) is 0.352. The number of carbonyl (C=O) groups excluding carboxylic acids is 1. The molecule has 36 heavy (non-hydrogen) atoms. The van der Waals surface area contributed by atoms with E-state index in [1.54, 1.807) is 42.1 Å². The molecule has 0 aliphatic carbocycles. The molecule has 0 aliphatic heterocycles. The molecule has 0 spiro atoms. The smallest absolute Gasteiger partial charge is 0.246 e. The lowest BCUT2D eigenvalue weighted by molar-refractivity contribution is -0.125. The number of nitrogen functional groups attached to an aromatic ring is 1. The number of ether oxygens (including phenoxy) is 1. The summed E-state index contributed by atoms with van der Waals surface area (Å²) in [6, 6.07) is 20.0. The van der Waals surface area contributed by atoms with Gasteiger partial charge in [0.15, 0.2) is 11.5 Å². The molecule has 2 N–H and O–H groups in total. The van der Waals surface area contributed by atoms with E-state index < -0.39 is 0 Å². The summed E-state index contributed by atoms with van der Waals surface area (Å²) in [4.78, 5) is 19.1. The molecule has 0 fully saturated rings. The van der Waals surface area contributed by atoms with Crippen LogP contribution >= 0.6 is 0 Å². The Balaban J connectivity index is 1.30. The van der Waals surface area contributed by atoms with Crippen molar-refractivity contribution in [2.24, 2.45) is 7.05 Å². The highest BCUT2D eigenvalue weighted by molar-refractivity contribution is 5.93. The third-order valence-electron chi connectivity index (χ3n) is 6.37. The van der Waals surface area contributed by atoms with Gasteiger partial charge in [-0.3, -0.25) is 4.79 Å². The molecule has 5 aromatic rings. The summed E-state index contributed by atoms with van der Waals surface area (Å²) in [5.74, 6) is 1.11. The van der Waals surface area contributed by atoms with E-state index in [2.05, 4.69) is 32.8 Å². The second-order valence-corrected chi connectivity index (χ2v) is 8.81. The number of amides is 1. The number of rotatable bonds is 7. The van der Waals surface area contributed by atoms with Gasteiger partial charge >= 0.3 is 0 Å². The Hall–Kier alpha value is -4.59. The zero-order chi connectivity index (χ0) is 25.2. The van der Waals surface area contributed by atoms with E-state index in [0.29, 0.717) is 24.6 Å². The number of likely N-dealkylation sites (N-methyl/N-ethyl adjacent to an activating group) is 1. The predicted octanol–water partition coefficient (Wildman–Crippen LogP) is 4.23. The Labute approximate surface area is 209 Å². The van der Waals surface area contributed by atoms with Gasteiger partial charge in [0.25, 0.3) is 0 Å². The monoisotopic (exact) mass is 480 g/mol. The molecule has 0 aliphatic rings. The van der Waals surface area contributed by atoms with Crippen LogP contribution in [0.5, 0.6) is 5.75 Å². The fraction of sp³-hybridized carbons (Fsp3) is 0.179. The van der Waals surface area contributed by atoms with Gasteiger partial charge < -0.3 is 19.9 Å². The topological polar surface area (TPSA) is 91.2 Å². The van der Waals surface area contributed by atoms with Crippen LogP contribution in [0.2, 0.25) is 0 Å².